The molecule has 16 heavy (non-hydrogen) atoms. The Balaban J connectivity index is 2.73. The van der Waals surface area contributed by atoms with E-state index in [2.05, 4.69) is 6.92 Å². The predicted molar refractivity (Wildman–Crippen MR) is 71.5 cm³/mol. The molecule has 0 saturated heterocycles. The minimum atomic E-state index is 0.237. The molecular formula is C11H12Cl4O. The number of unbranched alkanes of at least 4 members (excludes halogenated alkanes) is 2. The third kappa shape index (κ3) is 3.59. The zero-order chi connectivity index (χ0) is 12.1. The average Bonchev–Trinajstić information content (AvgIpc) is 2.28. The van der Waals surface area contributed by atoms with E-state index >= 15 is 0 Å². The summed E-state index contributed by atoms with van der Waals surface area (Å²) in [5.41, 5.74) is 0. The molecule has 5 heteroatoms. The summed E-state index contributed by atoms with van der Waals surface area (Å²) in [6.45, 7) is 2.73. The molecule has 0 amide bonds. The lowest BCUT2D eigenvalue weighted by Crippen LogP contribution is -1.98. The minimum Gasteiger partial charge on any atom is -0.492 e. The first-order valence-electron chi connectivity index (χ1n) is 5.03. The Bertz CT molecular complexity index is 365. The summed E-state index contributed by atoms with van der Waals surface area (Å²) < 4.78 is 5.50. The third-order valence-electron chi connectivity index (χ3n) is 2.07. The first-order valence-corrected chi connectivity index (χ1v) is 6.55. The Morgan fingerprint density at radius 3 is 2.31 bits per heavy atom. The summed E-state index contributed by atoms with van der Waals surface area (Å²) >= 11 is 23.6. The van der Waals surface area contributed by atoms with Gasteiger partial charge in [-0.15, -0.1) is 0 Å². The molecule has 0 N–H and O–H groups in total. The molecule has 0 heterocycles. The van der Waals surface area contributed by atoms with Gasteiger partial charge in [-0.2, -0.15) is 0 Å². The molecule has 0 fully saturated rings. The van der Waals surface area contributed by atoms with Crippen molar-refractivity contribution >= 4 is 46.4 Å². The maximum atomic E-state index is 5.98. The van der Waals surface area contributed by atoms with Crippen molar-refractivity contribution in [3.63, 3.8) is 0 Å². The quantitative estimate of drug-likeness (QED) is 0.375. The smallest absolute Gasteiger partial charge is 0.141 e. The zero-order valence-electron chi connectivity index (χ0n) is 8.83. The molecule has 1 aromatic rings. The molecule has 0 aliphatic rings. The van der Waals surface area contributed by atoms with Gasteiger partial charge in [-0.1, -0.05) is 66.2 Å². The van der Waals surface area contributed by atoms with Gasteiger partial charge in [0.05, 0.1) is 21.7 Å². The highest BCUT2D eigenvalue weighted by Crippen LogP contribution is 2.41. The van der Waals surface area contributed by atoms with Crippen LogP contribution in [0.5, 0.6) is 5.75 Å². The molecular weight excluding hydrogens is 290 g/mol. The number of benzene rings is 1. The van der Waals surface area contributed by atoms with Crippen molar-refractivity contribution in [1.82, 2.24) is 0 Å². The first-order chi connectivity index (χ1) is 7.57. The minimum absolute atomic E-state index is 0.237. The highest BCUT2D eigenvalue weighted by molar-refractivity contribution is 6.52. The van der Waals surface area contributed by atoms with E-state index in [4.69, 9.17) is 51.1 Å². The van der Waals surface area contributed by atoms with Gasteiger partial charge in [0.2, 0.25) is 0 Å². The van der Waals surface area contributed by atoms with Crippen molar-refractivity contribution in [1.29, 1.82) is 0 Å². The molecule has 0 unspecified atom stereocenters. The first kappa shape index (κ1) is 14.2. The molecule has 1 rings (SSSR count). The van der Waals surface area contributed by atoms with Crippen LogP contribution in [0.4, 0.5) is 0 Å². The van der Waals surface area contributed by atoms with Gasteiger partial charge in [0.15, 0.2) is 0 Å². The Morgan fingerprint density at radius 2 is 1.69 bits per heavy atom. The molecule has 1 nitrogen and oxygen atoms in total. The number of hydrogen-bond donors (Lipinski definition) is 0. The predicted octanol–water partition coefficient (Wildman–Crippen LogP) is 5.87. The van der Waals surface area contributed by atoms with E-state index < -0.39 is 0 Å². The highest BCUT2D eigenvalue weighted by Gasteiger charge is 2.13. The Morgan fingerprint density at radius 1 is 1.00 bits per heavy atom. The highest BCUT2D eigenvalue weighted by atomic mass is 35.5. The lowest BCUT2D eigenvalue weighted by Gasteiger charge is -2.10. The van der Waals surface area contributed by atoms with Crippen molar-refractivity contribution < 1.29 is 4.74 Å². The van der Waals surface area contributed by atoms with Gasteiger partial charge in [0.1, 0.15) is 10.8 Å². The molecule has 0 bridgehead atoms. The molecule has 1 aromatic carbocycles. The van der Waals surface area contributed by atoms with Crippen LogP contribution in [-0.2, 0) is 0 Å². The molecule has 0 saturated carbocycles. The zero-order valence-corrected chi connectivity index (χ0v) is 11.8. The second-order valence-corrected chi connectivity index (χ2v) is 4.90. The van der Waals surface area contributed by atoms with Gasteiger partial charge in [-0.05, 0) is 6.42 Å². The van der Waals surface area contributed by atoms with Crippen LogP contribution in [0.3, 0.4) is 0 Å². The number of halogens is 4. The molecule has 0 aliphatic heterocycles. The van der Waals surface area contributed by atoms with Crippen molar-refractivity contribution in [2.75, 3.05) is 6.61 Å². The summed E-state index contributed by atoms with van der Waals surface area (Å²) in [6.07, 6.45) is 3.23. The van der Waals surface area contributed by atoms with Crippen LogP contribution in [0.25, 0.3) is 0 Å². The van der Waals surface area contributed by atoms with Crippen molar-refractivity contribution in [2.45, 2.75) is 26.2 Å². The van der Waals surface area contributed by atoms with E-state index in [1.807, 2.05) is 0 Å². The molecule has 0 atom stereocenters. The van der Waals surface area contributed by atoms with Gasteiger partial charge < -0.3 is 4.74 Å². The number of ether oxygens (including phenoxy) is 1. The van der Waals surface area contributed by atoms with Crippen molar-refractivity contribution in [3.8, 4) is 5.75 Å². The SMILES string of the molecule is CCCCCOc1cc(Cl)c(Cl)c(Cl)c1Cl. The molecule has 0 spiro atoms. The van der Waals surface area contributed by atoms with Gasteiger partial charge in [0, 0.05) is 6.07 Å². The second-order valence-electron chi connectivity index (χ2n) is 3.35. The van der Waals surface area contributed by atoms with Crippen LogP contribution in [0.2, 0.25) is 20.1 Å². The van der Waals surface area contributed by atoms with Gasteiger partial charge >= 0.3 is 0 Å². The third-order valence-corrected chi connectivity index (χ3v) is 3.81. The summed E-state index contributed by atoms with van der Waals surface area (Å²) in [6, 6.07) is 1.59. The normalized spacial score (nSPS) is 10.6. The molecule has 0 aromatic heterocycles. The van der Waals surface area contributed by atoms with Crippen LogP contribution in [0, 0.1) is 0 Å². The summed E-state index contributed by atoms with van der Waals surface area (Å²) in [7, 11) is 0. The maximum Gasteiger partial charge on any atom is 0.141 e. The maximum absolute atomic E-state index is 5.98. The van der Waals surface area contributed by atoms with Gasteiger partial charge in [-0.25, -0.2) is 0 Å². The molecule has 0 aliphatic carbocycles. The fraction of sp³-hybridized carbons (Fsp3) is 0.455. The van der Waals surface area contributed by atoms with Gasteiger partial charge in [-0.3, -0.25) is 0 Å². The van der Waals surface area contributed by atoms with E-state index in [1.165, 1.54) is 0 Å². The van der Waals surface area contributed by atoms with E-state index in [-0.39, 0.29) is 10.0 Å². The topological polar surface area (TPSA) is 9.23 Å². The summed E-state index contributed by atoms with van der Waals surface area (Å²) in [5, 5.41) is 1.16. The van der Waals surface area contributed by atoms with Crippen LogP contribution in [0.15, 0.2) is 6.07 Å². The van der Waals surface area contributed by atoms with E-state index in [1.54, 1.807) is 6.07 Å². The monoisotopic (exact) mass is 300 g/mol. The second kappa shape index (κ2) is 6.80. The van der Waals surface area contributed by atoms with Crippen LogP contribution in [0.1, 0.15) is 26.2 Å². The summed E-state index contributed by atoms with van der Waals surface area (Å²) in [5.74, 6) is 0.483. The number of hydrogen-bond acceptors (Lipinski definition) is 1. The Labute approximate surface area is 116 Å². The summed E-state index contributed by atoms with van der Waals surface area (Å²) in [4.78, 5) is 0. The molecule has 90 valence electrons. The van der Waals surface area contributed by atoms with Crippen molar-refractivity contribution in [3.05, 3.63) is 26.2 Å². The number of rotatable bonds is 5. The fourth-order valence-electron chi connectivity index (χ4n) is 1.19. The lowest BCUT2D eigenvalue weighted by atomic mass is 10.3. The lowest BCUT2D eigenvalue weighted by molar-refractivity contribution is 0.306. The Hall–Kier alpha value is 0.180. The Kier molecular flexibility index (Phi) is 6.06. The largest absolute Gasteiger partial charge is 0.492 e. The standard InChI is InChI=1S/C11H12Cl4O/c1-2-3-4-5-16-8-6-7(12)9(13)11(15)10(8)14/h6H,2-5H2,1H3. The van der Waals surface area contributed by atoms with Crippen LogP contribution in [-0.4, -0.2) is 6.61 Å². The van der Waals surface area contributed by atoms with E-state index in [0.29, 0.717) is 22.4 Å². The van der Waals surface area contributed by atoms with E-state index in [0.717, 1.165) is 19.3 Å². The molecule has 0 radical (unpaired) electrons. The average molecular weight is 302 g/mol. The van der Waals surface area contributed by atoms with Crippen LogP contribution >= 0.6 is 46.4 Å². The van der Waals surface area contributed by atoms with Crippen LogP contribution < -0.4 is 4.74 Å². The fourth-order valence-corrected chi connectivity index (χ4v) is 2.03. The van der Waals surface area contributed by atoms with Gasteiger partial charge in [0.25, 0.3) is 0 Å². The van der Waals surface area contributed by atoms with E-state index in [9.17, 15) is 0 Å². The van der Waals surface area contributed by atoms with Crippen molar-refractivity contribution in [2.24, 2.45) is 0 Å².